The molecule has 1 fully saturated rings. The average Bonchev–Trinajstić information content (AvgIpc) is 2.37. The number of nitrogens with one attached hydrogen (secondary N) is 1. The number of hydrogen-bond acceptors (Lipinski definition) is 3. The highest BCUT2D eigenvalue weighted by Crippen LogP contribution is 2.28. The van der Waals surface area contributed by atoms with Gasteiger partial charge in [0, 0.05) is 41.9 Å². The Morgan fingerprint density at radius 2 is 2.26 bits per heavy atom. The van der Waals surface area contributed by atoms with Crippen LogP contribution in [0.1, 0.15) is 26.3 Å². The fourth-order valence-electron chi connectivity index (χ4n) is 2.36. The molecule has 0 aliphatic carbocycles. The second-order valence-corrected chi connectivity index (χ2v) is 5.81. The molecule has 1 atom stereocenters. The second-order valence-electron chi connectivity index (χ2n) is 5.40. The molecule has 2 rings (SSSR count). The summed E-state index contributed by atoms with van der Waals surface area (Å²) in [5.41, 5.74) is 2.42. The number of nitrogens with zero attached hydrogens (tertiary/aromatic N) is 1. The summed E-state index contributed by atoms with van der Waals surface area (Å²) in [6.07, 6.45) is 0.277. The van der Waals surface area contributed by atoms with Crippen molar-refractivity contribution < 1.29 is 4.74 Å². The molecule has 1 heterocycles. The van der Waals surface area contributed by atoms with E-state index in [9.17, 15) is 0 Å². The van der Waals surface area contributed by atoms with Crippen LogP contribution in [0.4, 0.5) is 5.69 Å². The van der Waals surface area contributed by atoms with Crippen molar-refractivity contribution in [1.29, 1.82) is 0 Å². The van der Waals surface area contributed by atoms with Gasteiger partial charge in [0.2, 0.25) is 0 Å². The molecule has 1 aromatic rings. The van der Waals surface area contributed by atoms with Crippen LogP contribution in [0.2, 0.25) is 5.02 Å². The minimum Gasteiger partial charge on any atom is -0.375 e. The molecule has 0 radical (unpaired) electrons. The maximum atomic E-state index is 6.37. The maximum absolute atomic E-state index is 6.37. The van der Waals surface area contributed by atoms with Gasteiger partial charge in [-0.15, -0.1) is 0 Å². The largest absolute Gasteiger partial charge is 0.375 e. The predicted molar refractivity (Wildman–Crippen MR) is 81.1 cm³/mol. The van der Waals surface area contributed by atoms with Crippen LogP contribution in [0.15, 0.2) is 18.2 Å². The minimum absolute atomic E-state index is 0.277. The molecule has 3 nitrogen and oxygen atoms in total. The van der Waals surface area contributed by atoms with Crippen molar-refractivity contribution in [1.82, 2.24) is 5.32 Å². The van der Waals surface area contributed by atoms with E-state index in [0.29, 0.717) is 6.04 Å². The SMILES string of the molecule is CC(C)NCc1c(Cl)cccc1N1CCOC(C)C1. The average molecular weight is 283 g/mol. The van der Waals surface area contributed by atoms with Gasteiger partial charge in [0.25, 0.3) is 0 Å². The Kier molecular flexibility index (Phi) is 5.08. The van der Waals surface area contributed by atoms with E-state index in [0.717, 1.165) is 31.3 Å². The third-order valence-corrected chi connectivity index (χ3v) is 3.72. The van der Waals surface area contributed by atoms with Gasteiger partial charge in [-0.1, -0.05) is 31.5 Å². The van der Waals surface area contributed by atoms with Crippen LogP contribution in [0, 0.1) is 0 Å². The number of anilines is 1. The van der Waals surface area contributed by atoms with Crippen molar-refractivity contribution in [2.75, 3.05) is 24.6 Å². The fourth-order valence-corrected chi connectivity index (χ4v) is 2.60. The number of morpholine rings is 1. The predicted octanol–water partition coefficient (Wildman–Crippen LogP) is 3.06. The lowest BCUT2D eigenvalue weighted by Crippen LogP contribution is -2.41. The summed E-state index contributed by atoms with van der Waals surface area (Å²) in [4.78, 5) is 2.37. The lowest BCUT2D eigenvalue weighted by atomic mass is 10.1. The van der Waals surface area contributed by atoms with E-state index in [-0.39, 0.29) is 6.10 Å². The van der Waals surface area contributed by atoms with Crippen molar-refractivity contribution in [2.24, 2.45) is 0 Å². The van der Waals surface area contributed by atoms with E-state index >= 15 is 0 Å². The molecular formula is C15H23ClN2O. The van der Waals surface area contributed by atoms with Gasteiger partial charge < -0.3 is 15.0 Å². The van der Waals surface area contributed by atoms with Crippen molar-refractivity contribution in [3.05, 3.63) is 28.8 Å². The smallest absolute Gasteiger partial charge is 0.0722 e. The molecule has 19 heavy (non-hydrogen) atoms. The monoisotopic (exact) mass is 282 g/mol. The summed E-state index contributed by atoms with van der Waals surface area (Å²) in [6, 6.07) is 6.59. The first kappa shape index (κ1) is 14.6. The van der Waals surface area contributed by atoms with Crippen LogP contribution >= 0.6 is 11.6 Å². The number of rotatable bonds is 4. The summed E-state index contributed by atoms with van der Waals surface area (Å²) in [5.74, 6) is 0. The summed E-state index contributed by atoms with van der Waals surface area (Å²) in [6.45, 7) is 9.85. The number of benzene rings is 1. The lowest BCUT2D eigenvalue weighted by molar-refractivity contribution is 0.0531. The first-order valence-electron chi connectivity index (χ1n) is 6.95. The van der Waals surface area contributed by atoms with E-state index in [1.54, 1.807) is 0 Å². The Morgan fingerprint density at radius 1 is 1.47 bits per heavy atom. The number of hydrogen-bond donors (Lipinski definition) is 1. The topological polar surface area (TPSA) is 24.5 Å². The Morgan fingerprint density at radius 3 is 2.95 bits per heavy atom. The van der Waals surface area contributed by atoms with Crippen LogP contribution in [0.5, 0.6) is 0 Å². The molecule has 0 aromatic heterocycles. The summed E-state index contributed by atoms with van der Waals surface area (Å²) in [7, 11) is 0. The summed E-state index contributed by atoms with van der Waals surface area (Å²) in [5, 5.41) is 4.29. The summed E-state index contributed by atoms with van der Waals surface area (Å²) < 4.78 is 5.61. The van der Waals surface area contributed by atoms with Gasteiger partial charge in [-0.3, -0.25) is 0 Å². The van der Waals surface area contributed by atoms with E-state index in [2.05, 4.69) is 37.1 Å². The minimum atomic E-state index is 0.277. The van der Waals surface area contributed by atoms with E-state index in [1.807, 2.05) is 12.1 Å². The van der Waals surface area contributed by atoms with Crippen molar-refractivity contribution in [2.45, 2.75) is 39.5 Å². The highest BCUT2D eigenvalue weighted by molar-refractivity contribution is 6.31. The third kappa shape index (κ3) is 3.85. The highest BCUT2D eigenvalue weighted by Gasteiger charge is 2.20. The maximum Gasteiger partial charge on any atom is 0.0722 e. The molecule has 0 amide bonds. The zero-order chi connectivity index (χ0) is 13.8. The van der Waals surface area contributed by atoms with Crippen LogP contribution in [0.25, 0.3) is 0 Å². The van der Waals surface area contributed by atoms with Gasteiger partial charge in [-0.25, -0.2) is 0 Å². The zero-order valence-corrected chi connectivity index (χ0v) is 12.7. The van der Waals surface area contributed by atoms with Crippen LogP contribution in [0.3, 0.4) is 0 Å². The van der Waals surface area contributed by atoms with Gasteiger partial charge >= 0.3 is 0 Å². The molecule has 1 unspecified atom stereocenters. The van der Waals surface area contributed by atoms with Crippen molar-refractivity contribution in [3.8, 4) is 0 Å². The first-order valence-corrected chi connectivity index (χ1v) is 7.33. The molecule has 1 saturated heterocycles. The molecule has 0 bridgehead atoms. The first-order chi connectivity index (χ1) is 9.08. The molecular weight excluding hydrogens is 260 g/mol. The van der Waals surface area contributed by atoms with Crippen molar-refractivity contribution in [3.63, 3.8) is 0 Å². The number of halogens is 1. The van der Waals surface area contributed by atoms with Gasteiger partial charge in [-0.05, 0) is 19.1 Å². The summed E-state index contributed by atoms with van der Waals surface area (Å²) >= 11 is 6.37. The fraction of sp³-hybridized carbons (Fsp3) is 0.600. The molecule has 1 aliphatic heterocycles. The van der Waals surface area contributed by atoms with E-state index < -0.39 is 0 Å². The van der Waals surface area contributed by atoms with Crippen LogP contribution in [-0.2, 0) is 11.3 Å². The molecule has 1 aliphatic rings. The Balaban J connectivity index is 2.20. The standard InChI is InChI=1S/C15H23ClN2O/c1-11(2)17-9-13-14(16)5-4-6-15(13)18-7-8-19-12(3)10-18/h4-6,11-12,17H,7-10H2,1-3H3. The van der Waals surface area contributed by atoms with Crippen LogP contribution < -0.4 is 10.2 Å². The Hall–Kier alpha value is -0.770. The molecule has 1 N–H and O–H groups in total. The third-order valence-electron chi connectivity index (χ3n) is 3.36. The van der Waals surface area contributed by atoms with Gasteiger partial charge in [0.1, 0.15) is 0 Å². The molecule has 4 heteroatoms. The van der Waals surface area contributed by atoms with E-state index in [4.69, 9.17) is 16.3 Å². The lowest BCUT2D eigenvalue weighted by Gasteiger charge is -2.34. The normalized spacial score (nSPS) is 20.1. The molecule has 106 valence electrons. The van der Waals surface area contributed by atoms with Crippen molar-refractivity contribution >= 4 is 17.3 Å². The van der Waals surface area contributed by atoms with Gasteiger partial charge in [-0.2, -0.15) is 0 Å². The Labute approximate surface area is 120 Å². The van der Waals surface area contributed by atoms with Crippen LogP contribution in [-0.4, -0.2) is 31.8 Å². The second kappa shape index (κ2) is 6.60. The number of ether oxygens (including phenoxy) is 1. The molecule has 1 aromatic carbocycles. The highest BCUT2D eigenvalue weighted by atomic mass is 35.5. The van der Waals surface area contributed by atoms with E-state index in [1.165, 1.54) is 11.3 Å². The Bertz CT molecular complexity index is 423. The quantitative estimate of drug-likeness (QED) is 0.919. The molecule has 0 spiro atoms. The van der Waals surface area contributed by atoms with Gasteiger partial charge in [0.15, 0.2) is 0 Å². The van der Waals surface area contributed by atoms with Gasteiger partial charge in [0.05, 0.1) is 12.7 Å². The molecule has 0 saturated carbocycles. The zero-order valence-electron chi connectivity index (χ0n) is 11.9.